The molecule has 1 rings (SSSR count). The maximum Gasteiger partial charge on any atom is 0.146 e. The van der Waals surface area contributed by atoms with Crippen LogP contribution < -0.4 is 10.2 Å². The van der Waals surface area contributed by atoms with Crippen LogP contribution in [0.3, 0.4) is 0 Å². The molecule has 0 aliphatic rings. The Hall–Kier alpha value is -1.09. The standard InChI is InChI=1S/C15H25FN2/c1-11(2)8-9-18(5)15-7-6-13(10-14(15)16)12(3)17-4/h6-7,10-12,17H,8-9H2,1-5H3. The van der Waals surface area contributed by atoms with E-state index in [-0.39, 0.29) is 11.9 Å². The van der Waals surface area contributed by atoms with Gasteiger partial charge in [0.15, 0.2) is 0 Å². The maximum absolute atomic E-state index is 14.1. The second-order valence-corrected chi connectivity index (χ2v) is 5.33. The Kier molecular flexibility index (Phi) is 5.60. The van der Waals surface area contributed by atoms with Gasteiger partial charge in [-0.15, -0.1) is 0 Å². The van der Waals surface area contributed by atoms with Crippen molar-refractivity contribution in [3.05, 3.63) is 29.6 Å². The van der Waals surface area contributed by atoms with Gasteiger partial charge in [0, 0.05) is 19.6 Å². The molecule has 0 aliphatic carbocycles. The molecule has 0 spiro atoms. The molecule has 1 aromatic rings. The van der Waals surface area contributed by atoms with E-state index in [2.05, 4.69) is 19.2 Å². The number of hydrogen-bond donors (Lipinski definition) is 1. The molecule has 1 atom stereocenters. The SMILES string of the molecule is CNC(C)c1ccc(N(C)CCC(C)C)c(F)c1. The summed E-state index contributed by atoms with van der Waals surface area (Å²) in [5.74, 6) is 0.500. The summed E-state index contributed by atoms with van der Waals surface area (Å²) in [6, 6.07) is 5.67. The van der Waals surface area contributed by atoms with Crippen molar-refractivity contribution in [2.75, 3.05) is 25.5 Å². The predicted molar refractivity (Wildman–Crippen MR) is 76.6 cm³/mol. The van der Waals surface area contributed by atoms with E-state index in [1.165, 1.54) is 0 Å². The van der Waals surface area contributed by atoms with E-state index >= 15 is 0 Å². The van der Waals surface area contributed by atoms with E-state index < -0.39 is 0 Å². The van der Waals surface area contributed by atoms with E-state index in [1.807, 2.05) is 38.1 Å². The molecule has 3 heteroatoms. The molecule has 0 bridgehead atoms. The van der Waals surface area contributed by atoms with Crippen LogP contribution in [-0.2, 0) is 0 Å². The molecule has 102 valence electrons. The Morgan fingerprint density at radius 2 is 1.94 bits per heavy atom. The lowest BCUT2D eigenvalue weighted by Gasteiger charge is -2.22. The van der Waals surface area contributed by atoms with Gasteiger partial charge in [-0.25, -0.2) is 4.39 Å². The molecular formula is C15H25FN2. The van der Waals surface area contributed by atoms with Crippen molar-refractivity contribution in [3.8, 4) is 0 Å². The van der Waals surface area contributed by atoms with Gasteiger partial charge in [-0.1, -0.05) is 19.9 Å². The molecule has 0 saturated carbocycles. The number of nitrogens with one attached hydrogen (secondary N) is 1. The number of halogens is 1. The zero-order valence-electron chi connectivity index (χ0n) is 12.1. The van der Waals surface area contributed by atoms with Crippen LogP contribution in [0.5, 0.6) is 0 Å². The highest BCUT2D eigenvalue weighted by atomic mass is 19.1. The molecule has 0 amide bonds. The van der Waals surface area contributed by atoms with Crippen LogP contribution >= 0.6 is 0 Å². The highest BCUT2D eigenvalue weighted by Gasteiger charge is 2.11. The lowest BCUT2D eigenvalue weighted by Crippen LogP contribution is -2.21. The van der Waals surface area contributed by atoms with Crippen LogP contribution in [0.1, 0.15) is 38.8 Å². The van der Waals surface area contributed by atoms with E-state index in [9.17, 15) is 4.39 Å². The maximum atomic E-state index is 14.1. The summed E-state index contributed by atoms with van der Waals surface area (Å²) in [4.78, 5) is 1.99. The largest absolute Gasteiger partial charge is 0.372 e. The van der Waals surface area contributed by atoms with Gasteiger partial charge in [0.25, 0.3) is 0 Å². The van der Waals surface area contributed by atoms with Crippen LogP contribution in [-0.4, -0.2) is 20.6 Å². The molecule has 2 nitrogen and oxygen atoms in total. The van der Waals surface area contributed by atoms with Gasteiger partial charge in [-0.2, -0.15) is 0 Å². The average Bonchev–Trinajstić information content (AvgIpc) is 2.34. The molecule has 1 unspecified atom stereocenters. The molecule has 1 aromatic carbocycles. The Balaban J connectivity index is 2.78. The summed E-state index contributed by atoms with van der Waals surface area (Å²) in [5, 5.41) is 3.12. The minimum absolute atomic E-state index is 0.138. The highest BCUT2D eigenvalue weighted by Crippen LogP contribution is 2.23. The van der Waals surface area contributed by atoms with Gasteiger partial charge in [-0.05, 0) is 44.0 Å². The minimum Gasteiger partial charge on any atom is -0.372 e. The molecule has 1 N–H and O–H groups in total. The van der Waals surface area contributed by atoms with Gasteiger partial charge in [0.2, 0.25) is 0 Å². The van der Waals surface area contributed by atoms with E-state index in [1.54, 1.807) is 6.07 Å². The zero-order valence-corrected chi connectivity index (χ0v) is 12.1. The number of benzene rings is 1. The fraction of sp³-hybridized carbons (Fsp3) is 0.600. The third-order valence-corrected chi connectivity index (χ3v) is 3.36. The average molecular weight is 252 g/mol. The predicted octanol–water partition coefficient (Wildman–Crippen LogP) is 3.59. The van der Waals surface area contributed by atoms with Crippen LogP contribution in [0.15, 0.2) is 18.2 Å². The van der Waals surface area contributed by atoms with Crippen molar-refractivity contribution in [1.82, 2.24) is 5.32 Å². The van der Waals surface area contributed by atoms with Crippen molar-refractivity contribution < 1.29 is 4.39 Å². The molecule has 0 radical (unpaired) electrons. The Labute approximate surface area is 110 Å². The first-order valence-electron chi connectivity index (χ1n) is 6.63. The lowest BCUT2D eigenvalue weighted by atomic mass is 10.1. The van der Waals surface area contributed by atoms with Gasteiger partial charge >= 0.3 is 0 Å². The van der Waals surface area contributed by atoms with Crippen molar-refractivity contribution in [2.45, 2.75) is 33.2 Å². The first kappa shape index (κ1) is 15.0. The summed E-state index contributed by atoms with van der Waals surface area (Å²) in [7, 11) is 3.83. The monoisotopic (exact) mass is 252 g/mol. The summed E-state index contributed by atoms with van der Waals surface area (Å²) < 4.78 is 14.1. The van der Waals surface area contributed by atoms with Crippen LogP contribution in [0, 0.1) is 11.7 Å². The van der Waals surface area contributed by atoms with Crippen LogP contribution in [0.2, 0.25) is 0 Å². The molecule has 0 fully saturated rings. The van der Waals surface area contributed by atoms with E-state index in [4.69, 9.17) is 0 Å². The summed E-state index contributed by atoms with van der Waals surface area (Å²) >= 11 is 0. The number of hydrogen-bond acceptors (Lipinski definition) is 2. The molecule has 0 aromatic heterocycles. The van der Waals surface area contributed by atoms with Crippen molar-refractivity contribution in [3.63, 3.8) is 0 Å². The zero-order chi connectivity index (χ0) is 13.7. The Morgan fingerprint density at radius 1 is 1.28 bits per heavy atom. The number of rotatable bonds is 6. The minimum atomic E-state index is -0.138. The number of anilines is 1. The number of nitrogens with zero attached hydrogens (tertiary/aromatic N) is 1. The summed E-state index contributed by atoms with van der Waals surface area (Å²) in [6.07, 6.45) is 1.07. The second-order valence-electron chi connectivity index (χ2n) is 5.33. The fourth-order valence-corrected chi connectivity index (χ4v) is 1.84. The van der Waals surface area contributed by atoms with Gasteiger partial charge < -0.3 is 10.2 Å². The quantitative estimate of drug-likeness (QED) is 0.832. The van der Waals surface area contributed by atoms with E-state index in [0.717, 1.165) is 18.5 Å². The third-order valence-electron chi connectivity index (χ3n) is 3.36. The van der Waals surface area contributed by atoms with Crippen LogP contribution in [0.25, 0.3) is 0 Å². The smallest absolute Gasteiger partial charge is 0.146 e. The van der Waals surface area contributed by atoms with Crippen molar-refractivity contribution in [1.29, 1.82) is 0 Å². The van der Waals surface area contributed by atoms with Crippen molar-refractivity contribution in [2.24, 2.45) is 5.92 Å². The van der Waals surface area contributed by atoms with Crippen LogP contribution in [0.4, 0.5) is 10.1 Å². The first-order valence-corrected chi connectivity index (χ1v) is 6.63. The Morgan fingerprint density at radius 3 is 2.44 bits per heavy atom. The Bertz CT molecular complexity index is 377. The molecule has 0 heterocycles. The normalized spacial score (nSPS) is 12.8. The van der Waals surface area contributed by atoms with E-state index in [0.29, 0.717) is 11.6 Å². The molecule has 0 saturated heterocycles. The molecule has 0 aliphatic heterocycles. The van der Waals surface area contributed by atoms with Gasteiger partial charge in [0.1, 0.15) is 5.82 Å². The first-order chi connectivity index (χ1) is 8.45. The summed E-state index contributed by atoms with van der Waals surface area (Å²) in [6.45, 7) is 7.27. The highest BCUT2D eigenvalue weighted by molar-refractivity contribution is 5.48. The van der Waals surface area contributed by atoms with Crippen molar-refractivity contribution >= 4 is 5.69 Å². The fourth-order valence-electron chi connectivity index (χ4n) is 1.84. The lowest BCUT2D eigenvalue weighted by molar-refractivity contribution is 0.572. The van der Waals surface area contributed by atoms with Gasteiger partial charge in [0.05, 0.1) is 5.69 Å². The third kappa shape index (κ3) is 3.98. The summed E-state index contributed by atoms with van der Waals surface area (Å²) in [5.41, 5.74) is 1.67. The molecular weight excluding hydrogens is 227 g/mol. The molecule has 18 heavy (non-hydrogen) atoms. The van der Waals surface area contributed by atoms with Gasteiger partial charge in [-0.3, -0.25) is 0 Å². The topological polar surface area (TPSA) is 15.3 Å². The second kappa shape index (κ2) is 6.74.